The molecule has 8 heteroatoms. The first-order chi connectivity index (χ1) is 9.48. The Hall–Kier alpha value is 1.55. The second-order valence-corrected chi connectivity index (χ2v) is 7.79. The molecule has 0 fully saturated rings. The lowest BCUT2D eigenvalue weighted by atomic mass is 10.3. The zero-order chi connectivity index (χ0) is 15.6. The molecule has 0 amide bonds. The molecule has 0 aromatic heterocycles. The van der Waals surface area contributed by atoms with Gasteiger partial charge >= 0.3 is 7.82 Å². The van der Waals surface area contributed by atoms with E-state index in [2.05, 4.69) is 47.8 Å². The molecular weight excluding hydrogens is 479 g/mol. The SMILES string of the molecule is CCC(CBr)OP(=O)(OC(CC)CBr)OC(CC)CBr. The van der Waals surface area contributed by atoms with E-state index in [-0.39, 0.29) is 18.3 Å². The van der Waals surface area contributed by atoms with Crippen LogP contribution < -0.4 is 0 Å². The largest absolute Gasteiger partial charge is 0.475 e. The highest BCUT2D eigenvalue weighted by molar-refractivity contribution is 9.09. The van der Waals surface area contributed by atoms with Crippen molar-refractivity contribution < 1.29 is 18.1 Å². The van der Waals surface area contributed by atoms with E-state index in [0.29, 0.717) is 16.0 Å². The molecule has 4 nitrogen and oxygen atoms in total. The highest BCUT2D eigenvalue weighted by Crippen LogP contribution is 2.54. The molecule has 0 aliphatic rings. The van der Waals surface area contributed by atoms with Gasteiger partial charge in [-0.05, 0) is 19.3 Å². The van der Waals surface area contributed by atoms with Crippen molar-refractivity contribution in [1.29, 1.82) is 0 Å². The Morgan fingerprint density at radius 3 is 1.15 bits per heavy atom. The lowest BCUT2D eigenvalue weighted by molar-refractivity contribution is 0.0447. The first-order valence-corrected chi connectivity index (χ1v) is 11.6. The third-order valence-corrected chi connectivity index (χ3v) is 6.55. The van der Waals surface area contributed by atoms with Crippen molar-refractivity contribution in [3.8, 4) is 0 Å². The van der Waals surface area contributed by atoms with E-state index >= 15 is 0 Å². The van der Waals surface area contributed by atoms with E-state index in [1.807, 2.05) is 20.8 Å². The maximum absolute atomic E-state index is 12.9. The zero-order valence-corrected chi connectivity index (χ0v) is 17.8. The van der Waals surface area contributed by atoms with E-state index in [0.717, 1.165) is 19.3 Å². The van der Waals surface area contributed by atoms with Crippen molar-refractivity contribution in [3.63, 3.8) is 0 Å². The Kier molecular flexibility index (Phi) is 13.0. The molecule has 0 spiro atoms. The Balaban J connectivity index is 4.95. The maximum Gasteiger partial charge on any atom is 0.475 e. The lowest BCUT2D eigenvalue weighted by Gasteiger charge is -2.27. The summed E-state index contributed by atoms with van der Waals surface area (Å²) in [5.74, 6) is 0. The number of hydrogen-bond acceptors (Lipinski definition) is 4. The van der Waals surface area contributed by atoms with E-state index in [1.54, 1.807) is 0 Å². The predicted molar refractivity (Wildman–Crippen MR) is 94.5 cm³/mol. The van der Waals surface area contributed by atoms with Crippen molar-refractivity contribution in [1.82, 2.24) is 0 Å². The number of alkyl halides is 3. The first kappa shape index (κ1) is 21.6. The molecule has 0 aliphatic carbocycles. The van der Waals surface area contributed by atoms with Crippen LogP contribution >= 0.6 is 55.6 Å². The van der Waals surface area contributed by atoms with Gasteiger partial charge in [-0.3, -0.25) is 13.6 Å². The Bertz CT molecular complexity index is 239. The van der Waals surface area contributed by atoms with Gasteiger partial charge in [-0.15, -0.1) is 0 Å². The molecule has 0 bridgehead atoms. The van der Waals surface area contributed by atoms with Gasteiger partial charge in [0.2, 0.25) is 0 Å². The van der Waals surface area contributed by atoms with Crippen LogP contribution in [0, 0.1) is 0 Å². The topological polar surface area (TPSA) is 44.8 Å². The van der Waals surface area contributed by atoms with Gasteiger partial charge in [0.25, 0.3) is 0 Å². The fourth-order valence-corrected chi connectivity index (χ4v) is 5.56. The van der Waals surface area contributed by atoms with Crippen LogP contribution in [-0.2, 0) is 18.1 Å². The Morgan fingerprint density at radius 1 is 0.750 bits per heavy atom. The smallest absolute Gasteiger partial charge is 0.283 e. The molecule has 3 atom stereocenters. The highest BCUT2D eigenvalue weighted by atomic mass is 79.9. The number of halogens is 3. The van der Waals surface area contributed by atoms with Crippen LogP contribution in [0.1, 0.15) is 40.0 Å². The molecule has 0 saturated heterocycles. The standard InChI is InChI=1S/C12H24Br3O4P/c1-4-10(7-13)17-20(16,18-11(5-2)8-14)19-12(6-3)9-15/h10-12H,4-9H2,1-3H3. The molecule has 0 aromatic carbocycles. The summed E-state index contributed by atoms with van der Waals surface area (Å²) in [5, 5.41) is 1.78. The van der Waals surface area contributed by atoms with Gasteiger partial charge in [0.1, 0.15) is 0 Å². The third kappa shape index (κ3) is 8.25. The van der Waals surface area contributed by atoms with Crippen LogP contribution in [0.3, 0.4) is 0 Å². The van der Waals surface area contributed by atoms with Gasteiger partial charge in [0.05, 0.1) is 18.3 Å². The average molecular weight is 503 g/mol. The second-order valence-electron chi connectivity index (χ2n) is 4.32. The van der Waals surface area contributed by atoms with E-state index < -0.39 is 7.82 Å². The Morgan fingerprint density at radius 2 is 1.00 bits per heavy atom. The van der Waals surface area contributed by atoms with Crippen molar-refractivity contribution >= 4 is 55.6 Å². The fraction of sp³-hybridized carbons (Fsp3) is 1.00. The summed E-state index contributed by atoms with van der Waals surface area (Å²) in [7, 11) is -3.58. The molecule has 3 unspecified atom stereocenters. The van der Waals surface area contributed by atoms with Gasteiger partial charge in [0.15, 0.2) is 0 Å². The summed E-state index contributed by atoms with van der Waals surface area (Å²) in [6.07, 6.45) is 1.62. The van der Waals surface area contributed by atoms with Crippen molar-refractivity contribution in [2.75, 3.05) is 16.0 Å². The minimum Gasteiger partial charge on any atom is -0.283 e. The summed E-state index contributed by atoms with van der Waals surface area (Å²) < 4.78 is 29.8. The molecule has 0 aromatic rings. The maximum atomic E-state index is 12.9. The second kappa shape index (κ2) is 12.0. The molecule has 0 N–H and O–H groups in total. The van der Waals surface area contributed by atoms with Gasteiger partial charge < -0.3 is 0 Å². The number of phosphoric ester groups is 1. The van der Waals surface area contributed by atoms with Gasteiger partial charge in [-0.1, -0.05) is 68.6 Å². The molecule has 0 rings (SSSR count). The van der Waals surface area contributed by atoms with Crippen LogP contribution in [-0.4, -0.2) is 34.3 Å². The normalized spacial score (nSPS) is 19.3. The molecule has 0 saturated carbocycles. The fourth-order valence-electron chi connectivity index (χ4n) is 1.26. The molecule has 20 heavy (non-hydrogen) atoms. The number of phosphoric acid groups is 1. The molecular formula is C12H24Br3O4P. The van der Waals surface area contributed by atoms with Crippen LogP contribution in [0.15, 0.2) is 0 Å². The van der Waals surface area contributed by atoms with Crippen LogP contribution in [0.25, 0.3) is 0 Å². The minimum absolute atomic E-state index is 0.193. The van der Waals surface area contributed by atoms with Crippen LogP contribution in [0.4, 0.5) is 0 Å². The molecule has 0 radical (unpaired) electrons. The highest BCUT2D eigenvalue weighted by Gasteiger charge is 2.35. The van der Waals surface area contributed by atoms with Gasteiger partial charge in [0, 0.05) is 16.0 Å². The van der Waals surface area contributed by atoms with E-state index in [9.17, 15) is 4.57 Å². The summed E-state index contributed by atoms with van der Waals surface area (Å²) in [6.45, 7) is 5.92. The third-order valence-electron chi connectivity index (χ3n) is 2.72. The minimum atomic E-state index is -3.58. The van der Waals surface area contributed by atoms with Crippen molar-refractivity contribution in [3.05, 3.63) is 0 Å². The lowest BCUT2D eigenvalue weighted by Crippen LogP contribution is -2.22. The number of rotatable bonds is 12. The van der Waals surface area contributed by atoms with Crippen LogP contribution in [0.5, 0.6) is 0 Å². The summed E-state index contributed by atoms with van der Waals surface area (Å²) >= 11 is 10.1. The summed E-state index contributed by atoms with van der Waals surface area (Å²) in [4.78, 5) is 0. The molecule has 0 heterocycles. The monoisotopic (exact) mass is 500 g/mol. The summed E-state index contributed by atoms with van der Waals surface area (Å²) in [6, 6.07) is 0. The predicted octanol–water partition coefficient (Wildman–Crippen LogP) is 5.66. The molecule has 0 aliphatic heterocycles. The van der Waals surface area contributed by atoms with Crippen molar-refractivity contribution in [2.45, 2.75) is 58.3 Å². The quantitative estimate of drug-likeness (QED) is 0.255. The van der Waals surface area contributed by atoms with Gasteiger partial charge in [-0.25, -0.2) is 4.57 Å². The molecule has 122 valence electrons. The summed E-state index contributed by atoms with van der Waals surface area (Å²) in [5.41, 5.74) is 0. The number of hydrogen-bond donors (Lipinski definition) is 0. The zero-order valence-electron chi connectivity index (χ0n) is 12.2. The van der Waals surface area contributed by atoms with Crippen molar-refractivity contribution in [2.24, 2.45) is 0 Å². The van der Waals surface area contributed by atoms with Gasteiger partial charge in [-0.2, -0.15) is 0 Å². The van der Waals surface area contributed by atoms with E-state index in [4.69, 9.17) is 13.6 Å². The Labute approximate surface area is 147 Å². The van der Waals surface area contributed by atoms with E-state index in [1.165, 1.54) is 0 Å². The average Bonchev–Trinajstić information content (AvgIpc) is 2.48. The van der Waals surface area contributed by atoms with Crippen LogP contribution in [0.2, 0.25) is 0 Å². The first-order valence-electron chi connectivity index (χ1n) is 6.81.